The second-order valence-electron chi connectivity index (χ2n) is 8.86. The summed E-state index contributed by atoms with van der Waals surface area (Å²) < 4.78 is 5.48. The van der Waals surface area contributed by atoms with Gasteiger partial charge < -0.3 is 14.5 Å². The number of nitrogens with zero attached hydrogens (tertiary/aromatic N) is 4. The molecule has 1 saturated heterocycles. The van der Waals surface area contributed by atoms with Gasteiger partial charge in [-0.25, -0.2) is 4.79 Å². The molecule has 156 valence electrons. The third-order valence-corrected chi connectivity index (χ3v) is 5.05. The summed E-state index contributed by atoms with van der Waals surface area (Å²) in [5, 5.41) is 0. The maximum atomic E-state index is 12.2. The predicted octanol–water partition coefficient (Wildman–Crippen LogP) is 4.22. The highest BCUT2D eigenvalue weighted by molar-refractivity contribution is 5.68. The Balaban J connectivity index is 1.48. The molecule has 6 nitrogen and oxygen atoms in total. The standard InChI is InChI=1S/C23H32N4O2/c1-23(2,3)29-22(28)27-14-10-18(11-15-27)16-26(4)17-20-6-5-7-21(25-20)19-8-12-24-13-9-19/h5-9,12-13,18H,10-11,14-17H2,1-4H3. The Morgan fingerprint density at radius 2 is 1.86 bits per heavy atom. The molecule has 0 radical (unpaired) electrons. The Morgan fingerprint density at radius 1 is 1.17 bits per heavy atom. The van der Waals surface area contributed by atoms with E-state index in [0.717, 1.165) is 56.0 Å². The van der Waals surface area contributed by atoms with Crippen LogP contribution in [0, 0.1) is 5.92 Å². The highest BCUT2D eigenvalue weighted by atomic mass is 16.6. The molecule has 29 heavy (non-hydrogen) atoms. The van der Waals surface area contributed by atoms with E-state index in [9.17, 15) is 4.79 Å². The zero-order valence-corrected chi connectivity index (χ0v) is 18.0. The Hall–Kier alpha value is -2.47. The van der Waals surface area contributed by atoms with Gasteiger partial charge in [0, 0.05) is 44.1 Å². The van der Waals surface area contributed by atoms with Crippen LogP contribution in [0.25, 0.3) is 11.3 Å². The fourth-order valence-corrected chi connectivity index (χ4v) is 3.66. The maximum absolute atomic E-state index is 12.2. The smallest absolute Gasteiger partial charge is 0.410 e. The van der Waals surface area contributed by atoms with Gasteiger partial charge in [0.15, 0.2) is 0 Å². The topological polar surface area (TPSA) is 58.6 Å². The molecule has 0 unspecified atom stereocenters. The number of carbonyl (C=O) groups is 1. The lowest BCUT2D eigenvalue weighted by Gasteiger charge is -2.34. The molecule has 6 heteroatoms. The van der Waals surface area contributed by atoms with Crippen LogP contribution in [0.3, 0.4) is 0 Å². The third kappa shape index (κ3) is 6.53. The largest absolute Gasteiger partial charge is 0.444 e. The maximum Gasteiger partial charge on any atom is 0.410 e. The molecular formula is C23H32N4O2. The summed E-state index contributed by atoms with van der Waals surface area (Å²) in [6.45, 7) is 9.07. The fraction of sp³-hybridized carbons (Fsp3) is 0.522. The van der Waals surface area contributed by atoms with Crippen LogP contribution in [0.2, 0.25) is 0 Å². The lowest BCUT2D eigenvalue weighted by Crippen LogP contribution is -2.43. The van der Waals surface area contributed by atoms with E-state index in [0.29, 0.717) is 5.92 Å². The van der Waals surface area contributed by atoms with Crippen LogP contribution in [-0.4, -0.2) is 58.1 Å². The van der Waals surface area contributed by atoms with Crippen LogP contribution in [0.5, 0.6) is 0 Å². The molecule has 0 aromatic carbocycles. The molecule has 2 aromatic rings. The third-order valence-electron chi connectivity index (χ3n) is 5.05. The Labute approximate surface area is 173 Å². The average Bonchev–Trinajstić information content (AvgIpc) is 2.68. The number of aromatic nitrogens is 2. The van der Waals surface area contributed by atoms with Crippen LogP contribution < -0.4 is 0 Å². The molecule has 0 spiro atoms. The number of amides is 1. The van der Waals surface area contributed by atoms with Crippen LogP contribution in [0.1, 0.15) is 39.3 Å². The predicted molar refractivity (Wildman–Crippen MR) is 114 cm³/mol. The highest BCUT2D eigenvalue weighted by Crippen LogP contribution is 2.21. The molecule has 2 aromatic heterocycles. The molecule has 0 aliphatic carbocycles. The molecule has 1 amide bonds. The zero-order valence-electron chi connectivity index (χ0n) is 18.0. The quantitative estimate of drug-likeness (QED) is 0.757. The number of hydrogen-bond acceptors (Lipinski definition) is 5. The van der Waals surface area contributed by atoms with Gasteiger partial charge in [-0.05, 0) is 70.8 Å². The van der Waals surface area contributed by atoms with Crippen molar-refractivity contribution in [3.63, 3.8) is 0 Å². The molecule has 3 heterocycles. The van der Waals surface area contributed by atoms with E-state index in [4.69, 9.17) is 9.72 Å². The Kier molecular flexibility index (Phi) is 6.85. The number of carbonyl (C=O) groups excluding carboxylic acids is 1. The number of pyridine rings is 2. The first kappa shape index (κ1) is 21.2. The van der Waals surface area contributed by atoms with Crippen molar-refractivity contribution in [3.05, 3.63) is 48.4 Å². The summed E-state index contributed by atoms with van der Waals surface area (Å²) in [5.41, 5.74) is 2.68. The summed E-state index contributed by atoms with van der Waals surface area (Å²) in [4.78, 5) is 25.3. The number of rotatable bonds is 5. The number of piperidine rings is 1. The van der Waals surface area contributed by atoms with Gasteiger partial charge in [0.05, 0.1) is 11.4 Å². The molecule has 0 N–H and O–H groups in total. The molecular weight excluding hydrogens is 364 g/mol. The molecule has 1 aliphatic heterocycles. The first-order valence-corrected chi connectivity index (χ1v) is 10.3. The highest BCUT2D eigenvalue weighted by Gasteiger charge is 2.27. The van der Waals surface area contributed by atoms with Gasteiger partial charge in [-0.2, -0.15) is 0 Å². The fourth-order valence-electron chi connectivity index (χ4n) is 3.66. The van der Waals surface area contributed by atoms with Crippen molar-refractivity contribution in [2.45, 2.75) is 45.8 Å². The van der Waals surface area contributed by atoms with Gasteiger partial charge in [-0.1, -0.05) is 6.07 Å². The Bertz CT molecular complexity index is 796. The monoisotopic (exact) mass is 396 g/mol. The van der Waals surface area contributed by atoms with Crippen molar-refractivity contribution in [2.75, 3.05) is 26.7 Å². The van der Waals surface area contributed by atoms with Crippen LogP contribution >= 0.6 is 0 Å². The van der Waals surface area contributed by atoms with Gasteiger partial charge >= 0.3 is 6.09 Å². The van der Waals surface area contributed by atoms with E-state index in [1.54, 1.807) is 12.4 Å². The van der Waals surface area contributed by atoms with Crippen LogP contribution in [-0.2, 0) is 11.3 Å². The van der Waals surface area contributed by atoms with Crippen molar-refractivity contribution in [3.8, 4) is 11.3 Å². The summed E-state index contributed by atoms with van der Waals surface area (Å²) in [5.74, 6) is 0.585. The molecule has 1 fully saturated rings. The number of likely N-dealkylation sites (tertiary alicyclic amines) is 1. The zero-order chi connectivity index (χ0) is 20.9. The molecule has 0 atom stereocenters. The molecule has 1 aliphatic rings. The Morgan fingerprint density at radius 3 is 2.52 bits per heavy atom. The van der Waals surface area contributed by atoms with Crippen LogP contribution in [0.15, 0.2) is 42.7 Å². The second kappa shape index (κ2) is 9.35. The summed E-state index contributed by atoms with van der Waals surface area (Å²) >= 11 is 0. The van der Waals surface area contributed by atoms with E-state index in [1.807, 2.05) is 43.9 Å². The van der Waals surface area contributed by atoms with Gasteiger partial charge in [-0.15, -0.1) is 0 Å². The van der Waals surface area contributed by atoms with E-state index in [1.165, 1.54) is 0 Å². The van der Waals surface area contributed by atoms with Crippen molar-refractivity contribution in [2.24, 2.45) is 5.92 Å². The van der Waals surface area contributed by atoms with Crippen molar-refractivity contribution in [1.82, 2.24) is 19.8 Å². The van der Waals surface area contributed by atoms with E-state index in [-0.39, 0.29) is 6.09 Å². The number of hydrogen-bond donors (Lipinski definition) is 0. The summed E-state index contributed by atoms with van der Waals surface area (Å²) in [6.07, 6.45) is 5.41. The van der Waals surface area contributed by atoms with Gasteiger partial charge in [-0.3, -0.25) is 9.97 Å². The minimum atomic E-state index is -0.439. The van der Waals surface area contributed by atoms with Gasteiger partial charge in [0.25, 0.3) is 0 Å². The normalized spacial score (nSPS) is 15.6. The minimum Gasteiger partial charge on any atom is -0.444 e. The first-order valence-electron chi connectivity index (χ1n) is 10.3. The summed E-state index contributed by atoms with van der Waals surface area (Å²) in [6, 6.07) is 10.1. The second-order valence-corrected chi connectivity index (χ2v) is 8.86. The molecule has 0 bridgehead atoms. The van der Waals surface area contributed by atoms with Crippen molar-refractivity contribution < 1.29 is 9.53 Å². The van der Waals surface area contributed by atoms with Crippen molar-refractivity contribution in [1.29, 1.82) is 0 Å². The molecule has 3 rings (SSSR count). The van der Waals surface area contributed by atoms with Gasteiger partial charge in [0.2, 0.25) is 0 Å². The lowest BCUT2D eigenvalue weighted by molar-refractivity contribution is 0.0172. The first-order chi connectivity index (χ1) is 13.8. The van der Waals surface area contributed by atoms with Crippen LogP contribution in [0.4, 0.5) is 4.79 Å². The minimum absolute atomic E-state index is 0.193. The summed E-state index contributed by atoms with van der Waals surface area (Å²) in [7, 11) is 2.14. The lowest BCUT2D eigenvalue weighted by atomic mass is 9.96. The van der Waals surface area contributed by atoms with Crippen molar-refractivity contribution >= 4 is 6.09 Å². The SMILES string of the molecule is CN(Cc1cccc(-c2ccncc2)n1)CC1CCN(C(=O)OC(C)(C)C)CC1. The van der Waals surface area contributed by atoms with Gasteiger partial charge in [0.1, 0.15) is 5.60 Å². The van der Waals surface area contributed by atoms with E-state index >= 15 is 0 Å². The van der Waals surface area contributed by atoms with E-state index < -0.39 is 5.60 Å². The average molecular weight is 397 g/mol. The molecule has 0 saturated carbocycles. The number of ether oxygens (including phenoxy) is 1. The van der Waals surface area contributed by atoms with E-state index in [2.05, 4.69) is 29.1 Å².